The molecule has 0 amide bonds. The molecule has 0 saturated heterocycles. The number of Topliss-reactive ketones (excluding diaryl/α,β-unsaturated/α-hetero) is 1. The number of nitrogens with zero attached hydrogens (tertiary/aromatic N) is 1. The zero-order valence-electron chi connectivity index (χ0n) is 15.4. The molecular formula is C21H18FNO6. The molecule has 7 nitrogen and oxygen atoms in total. The van der Waals surface area contributed by atoms with E-state index < -0.39 is 24.5 Å². The van der Waals surface area contributed by atoms with E-state index in [2.05, 4.69) is 5.16 Å². The van der Waals surface area contributed by atoms with Gasteiger partial charge in [-0.05, 0) is 30.3 Å². The highest BCUT2D eigenvalue weighted by Crippen LogP contribution is 2.30. The number of halogens is 1. The first-order chi connectivity index (χ1) is 14.1. The molecule has 2 heterocycles. The maximum absolute atomic E-state index is 13.3. The van der Waals surface area contributed by atoms with Gasteiger partial charge in [-0.3, -0.25) is 4.79 Å². The van der Waals surface area contributed by atoms with Gasteiger partial charge in [0.2, 0.25) is 6.10 Å². The lowest BCUT2D eigenvalue weighted by Gasteiger charge is -2.10. The number of hydrogen-bond donors (Lipinski definition) is 0. The van der Waals surface area contributed by atoms with E-state index in [9.17, 15) is 14.0 Å². The van der Waals surface area contributed by atoms with Crippen LogP contribution in [0.4, 0.5) is 4.39 Å². The summed E-state index contributed by atoms with van der Waals surface area (Å²) >= 11 is 0. The van der Waals surface area contributed by atoms with Gasteiger partial charge >= 0.3 is 5.97 Å². The third-order valence-corrected chi connectivity index (χ3v) is 4.50. The maximum atomic E-state index is 13.3. The summed E-state index contributed by atoms with van der Waals surface area (Å²) in [5.74, 6) is -0.414. The van der Waals surface area contributed by atoms with Gasteiger partial charge in [-0.1, -0.05) is 17.3 Å². The Morgan fingerprint density at radius 1 is 1.10 bits per heavy atom. The Bertz CT molecular complexity index is 973. The van der Waals surface area contributed by atoms with Gasteiger partial charge in [0.25, 0.3) is 0 Å². The van der Waals surface area contributed by atoms with Crippen LogP contribution in [0.2, 0.25) is 0 Å². The first kappa shape index (κ1) is 18.9. The number of ketones is 1. The molecule has 0 saturated carbocycles. The van der Waals surface area contributed by atoms with E-state index in [0.717, 1.165) is 6.42 Å². The van der Waals surface area contributed by atoms with Crippen molar-refractivity contribution < 1.29 is 33.0 Å². The first-order valence-corrected chi connectivity index (χ1v) is 9.18. The summed E-state index contributed by atoms with van der Waals surface area (Å²) in [6.07, 6.45) is -0.0678. The van der Waals surface area contributed by atoms with Gasteiger partial charge in [-0.15, -0.1) is 0 Å². The highest BCUT2D eigenvalue weighted by Gasteiger charge is 2.31. The molecule has 2 aliphatic heterocycles. The van der Waals surface area contributed by atoms with Crippen LogP contribution in [0.3, 0.4) is 0 Å². The van der Waals surface area contributed by atoms with Crippen molar-refractivity contribution >= 4 is 17.5 Å². The van der Waals surface area contributed by atoms with Crippen molar-refractivity contribution in [2.75, 3.05) is 19.8 Å². The Morgan fingerprint density at radius 2 is 1.93 bits per heavy atom. The molecule has 0 aliphatic carbocycles. The molecule has 0 radical (unpaired) electrons. The average molecular weight is 399 g/mol. The second-order valence-electron chi connectivity index (χ2n) is 6.59. The van der Waals surface area contributed by atoms with Crippen LogP contribution >= 0.6 is 0 Å². The fourth-order valence-corrected chi connectivity index (χ4v) is 2.99. The number of hydrogen-bond acceptors (Lipinski definition) is 7. The van der Waals surface area contributed by atoms with Crippen LogP contribution < -0.4 is 9.47 Å². The lowest BCUT2D eigenvalue weighted by Crippen LogP contribution is -2.26. The number of oxime groups is 1. The number of rotatable bonds is 5. The molecule has 0 spiro atoms. The fraction of sp³-hybridized carbons (Fsp3) is 0.286. The summed E-state index contributed by atoms with van der Waals surface area (Å²) in [5.41, 5.74) is 1.33. The summed E-state index contributed by atoms with van der Waals surface area (Å²) in [6.45, 7) is 0.624. The quantitative estimate of drug-likeness (QED) is 0.568. The maximum Gasteiger partial charge on any atom is 0.351 e. The minimum absolute atomic E-state index is 0.139. The van der Waals surface area contributed by atoms with Crippen molar-refractivity contribution in [2.45, 2.75) is 18.9 Å². The molecule has 0 bridgehead atoms. The summed E-state index contributed by atoms with van der Waals surface area (Å²) in [4.78, 5) is 29.7. The molecule has 0 N–H and O–H groups in total. The molecule has 2 aliphatic rings. The zero-order chi connectivity index (χ0) is 20.2. The van der Waals surface area contributed by atoms with Gasteiger partial charge < -0.3 is 19.0 Å². The molecule has 4 rings (SSSR count). The Hall–Kier alpha value is -3.42. The van der Waals surface area contributed by atoms with Crippen LogP contribution in [0.15, 0.2) is 47.6 Å². The third kappa shape index (κ3) is 4.37. The minimum Gasteiger partial charge on any atom is -0.490 e. The normalized spacial score (nSPS) is 17.7. The molecule has 8 heteroatoms. The number of carbonyl (C=O) groups is 2. The van der Waals surface area contributed by atoms with E-state index in [1.54, 1.807) is 30.3 Å². The third-order valence-electron chi connectivity index (χ3n) is 4.50. The lowest BCUT2D eigenvalue weighted by atomic mass is 10.1. The number of benzene rings is 2. The second kappa shape index (κ2) is 8.30. The van der Waals surface area contributed by atoms with Crippen molar-refractivity contribution in [3.05, 3.63) is 59.4 Å². The van der Waals surface area contributed by atoms with Gasteiger partial charge in [0.05, 0.1) is 18.9 Å². The fourth-order valence-electron chi connectivity index (χ4n) is 2.99. The van der Waals surface area contributed by atoms with Gasteiger partial charge in [0.15, 0.2) is 23.9 Å². The van der Waals surface area contributed by atoms with E-state index in [1.165, 1.54) is 12.1 Å². The summed E-state index contributed by atoms with van der Waals surface area (Å²) in [7, 11) is 0. The highest BCUT2D eigenvalue weighted by atomic mass is 19.1. The van der Waals surface area contributed by atoms with Crippen molar-refractivity contribution in [1.29, 1.82) is 0 Å². The van der Waals surface area contributed by atoms with Crippen molar-refractivity contribution in [3.63, 3.8) is 0 Å². The molecule has 2 aromatic rings. The molecule has 150 valence electrons. The first-order valence-electron chi connectivity index (χ1n) is 9.18. The van der Waals surface area contributed by atoms with Gasteiger partial charge in [0, 0.05) is 24.0 Å². The summed E-state index contributed by atoms with van der Waals surface area (Å²) in [5, 5.41) is 3.83. The van der Waals surface area contributed by atoms with E-state index in [0.29, 0.717) is 41.6 Å². The van der Waals surface area contributed by atoms with Crippen molar-refractivity contribution in [3.8, 4) is 11.5 Å². The summed E-state index contributed by atoms with van der Waals surface area (Å²) in [6, 6.07) is 10.7. The Labute approximate surface area is 166 Å². The number of carbonyl (C=O) groups excluding carboxylic acids is 2. The van der Waals surface area contributed by atoms with Crippen LogP contribution in [-0.4, -0.2) is 43.4 Å². The molecule has 2 aromatic carbocycles. The van der Waals surface area contributed by atoms with E-state index >= 15 is 0 Å². The molecular weight excluding hydrogens is 381 g/mol. The van der Waals surface area contributed by atoms with E-state index in [-0.39, 0.29) is 12.2 Å². The molecule has 0 fully saturated rings. The highest BCUT2D eigenvalue weighted by molar-refractivity contribution is 6.04. The van der Waals surface area contributed by atoms with E-state index in [1.807, 2.05) is 0 Å². The number of esters is 1. The monoisotopic (exact) mass is 399 g/mol. The predicted molar refractivity (Wildman–Crippen MR) is 99.8 cm³/mol. The van der Waals surface area contributed by atoms with Crippen LogP contribution in [0.1, 0.15) is 28.8 Å². The largest absolute Gasteiger partial charge is 0.490 e. The van der Waals surface area contributed by atoms with Crippen LogP contribution in [0.5, 0.6) is 11.5 Å². The standard InChI is InChI=1S/C21H18FNO6/c22-15-4-1-3-13(9-15)16-11-20(29-23-16)21(25)28-12-17(24)14-5-6-18-19(10-14)27-8-2-7-26-18/h1,3-6,9-10,20H,2,7-8,11-12H2. The number of fused-ring (bicyclic) bond motifs is 1. The van der Waals surface area contributed by atoms with Gasteiger partial charge in [0.1, 0.15) is 5.82 Å². The smallest absolute Gasteiger partial charge is 0.351 e. The van der Waals surface area contributed by atoms with Gasteiger partial charge in [-0.25, -0.2) is 9.18 Å². The van der Waals surface area contributed by atoms with Crippen molar-refractivity contribution in [2.24, 2.45) is 5.16 Å². The van der Waals surface area contributed by atoms with Gasteiger partial charge in [-0.2, -0.15) is 0 Å². The van der Waals surface area contributed by atoms with E-state index in [4.69, 9.17) is 19.0 Å². The van der Waals surface area contributed by atoms with Crippen LogP contribution in [0, 0.1) is 5.82 Å². The van der Waals surface area contributed by atoms with Crippen molar-refractivity contribution in [1.82, 2.24) is 0 Å². The summed E-state index contributed by atoms with van der Waals surface area (Å²) < 4.78 is 29.5. The second-order valence-corrected chi connectivity index (χ2v) is 6.59. The lowest BCUT2D eigenvalue weighted by molar-refractivity contribution is -0.154. The van der Waals surface area contributed by atoms with Crippen LogP contribution in [-0.2, 0) is 14.4 Å². The SMILES string of the molecule is O=C(COC(=O)C1CC(c2cccc(F)c2)=NO1)c1ccc2c(c1)OCCCO2. The number of ether oxygens (including phenoxy) is 3. The molecule has 1 unspecified atom stereocenters. The Balaban J connectivity index is 1.32. The zero-order valence-corrected chi connectivity index (χ0v) is 15.4. The Morgan fingerprint density at radius 3 is 2.76 bits per heavy atom. The predicted octanol–water partition coefficient (Wildman–Crippen LogP) is 2.91. The van der Waals surface area contributed by atoms with Crippen LogP contribution in [0.25, 0.3) is 0 Å². The topological polar surface area (TPSA) is 83.4 Å². The minimum atomic E-state index is -0.968. The molecule has 1 atom stereocenters. The average Bonchev–Trinajstić information content (AvgIpc) is 3.11. The molecule has 0 aromatic heterocycles. The molecule has 29 heavy (non-hydrogen) atoms. The Kier molecular flexibility index (Phi) is 5.41.